The first-order chi connectivity index (χ1) is 9.28. The van der Waals surface area contributed by atoms with Gasteiger partial charge in [0.2, 0.25) is 10.0 Å². The van der Waals surface area contributed by atoms with Gasteiger partial charge in [0.1, 0.15) is 0 Å². The van der Waals surface area contributed by atoms with E-state index in [9.17, 15) is 21.6 Å². The minimum atomic E-state index is -3.65. The second-order valence-corrected chi connectivity index (χ2v) is 9.65. The monoisotopic (exact) mass is 325 g/mol. The van der Waals surface area contributed by atoms with E-state index in [-0.39, 0.29) is 24.6 Å². The lowest BCUT2D eigenvalue weighted by Gasteiger charge is -2.30. The SMILES string of the molecule is COC(=O)C1CCCC1S(=O)(=O)N1CCS(=O)(=O)CC1. The summed E-state index contributed by atoms with van der Waals surface area (Å²) < 4.78 is 53.7. The molecule has 2 aliphatic rings. The van der Waals surface area contributed by atoms with Gasteiger partial charge in [-0.15, -0.1) is 0 Å². The number of rotatable bonds is 3. The highest BCUT2D eigenvalue weighted by atomic mass is 32.2. The zero-order valence-electron chi connectivity index (χ0n) is 11.3. The van der Waals surface area contributed by atoms with Crippen LogP contribution < -0.4 is 0 Å². The Kier molecular flexibility index (Phi) is 4.41. The highest BCUT2D eigenvalue weighted by Gasteiger charge is 2.45. The topological polar surface area (TPSA) is 97.8 Å². The molecule has 1 aliphatic carbocycles. The van der Waals surface area contributed by atoms with Gasteiger partial charge in [-0.05, 0) is 12.8 Å². The molecule has 7 nitrogen and oxygen atoms in total. The average molecular weight is 325 g/mol. The lowest BCUT2D eigenvalue weighted by Crippen LogP contribution is -2.49. The molecule has 2 unspecified atom stereocenters. The van der Waals surface area contributed by atoms with Crippen molar-refractivity contribution in [3.8, 4) is 0 Å². The van der Waals surface area contributed by atoms with Gasteiger partial charge in [-0.1, -0.05) is 6.42 Å². The van der Waals surface area contributed by atoms with Crippen molar-refractivity contribution in [3.63, 3.8) is 0 Å². The molecule has 0 aromatic heterocycles. The first-order valence-corrected chi connectivity index (χ1v) is 9.87. The quantitative estimate of drug-likeness (QED) is 0.642. The van der Waals surface area contributed by atoms with E-state index in [1.807, 2.05) is 0 Å². The zero-order valence-corrected chi connectivity index (χ0v) is 13.0. The van der Waals surface area contributed by atoms with Gasteiger partial charge in [-0.2, -0.15) is 4.31 Å². The van der Waals surface area contributed by atoms with E-state index in [1.54, 1.807) is 0 Å². The molecule has 1 saturated carbocycles. The first kappa shape index (κ1) is 15.7. The molecule has 1 saturated heterocycles. The molecule has 1 aliphatic heterocycles. The van der Waals surface area contributed by atoms with Crippen LogP contribution >= 0.6 is 0 Å². The van der Waals surface area contributed by atoms with E-state index in [4.69, 9.17) is 0 Å². The Hall–Kier alpha value is -0.670. The predicted octanol–water partition coefficient (Wildman–Crippen LogP) is -0.612. The zero-order chi connectivity index (χ0) is 15.0. The van der Waals surface area contributed by atoms with E-state index in [2.05, 4.69) is 4.74 Å². The molecule has 9 heteroatoms. The number of ether oxygens (including phenoxy) is 1. The van der Waals surface area contributed by atoms with Crippen LogP contribution in [-0.4, -0.2) is 64.1 Å². The molecule has 0 bridgehead atoms. The summed E-state index contributed by atoms with van der Waals surface area (Å²) in [6.45, 7) is -0.0376. The van der Waals surface area contributed by atoms with Crippen molar-refractivity contribution in [1.82, 2.24) is 4.31 Å². The Bertz CT molecular complexity index is 568. The van der Waals surface area contributed by atoms with Crippen molar-refractivity contribution >= 4 is 25.8 Å². The molecule has 0 spiro atoms. The second-order valence-electron chi connectivity index (χ2n) is 5.19. The molecule has 2 fully saturated rings. The lowest BCUT2D eigenvalue weighted by atomic mass is 10.1. The smallest absolute Gasteiger partial charge is 0.310 e. The van der Waals surface area contributed by atoms with Crippen molar-refractivity contribution in [2.45, 2.75) is 24.5 Å². The summed E-state index contributed by atoms with van der Waals surface area (Å²) >= 11 is 0. The summed E-state index contributed by atoms with van der Waals surface area (Å²) in [6, 6.07) is 0. The van der Waals surface area contributed by atoms with Crippen LogP contribution in [0.5, 0.6) is 0 Å². The number of sulfone groups is 1. The first-order valence-electron chi connectivity index (χ1n) is 6.55. The largest absolute Gasteiger partial charge is 0.469 e. The molecule has 0 N–H and O–H groups in total. The van der Waals surface area contributed by atoms with Crippen LogP contribution in [0.2, 0.25) is 0 Å². The standard InChI is InChI=1S/C11H19NO6S2/c1-18-11(13)9-3-2-4-10(9)20(16,17)12-5-7-19(14,15)8-6-12/h9-10H,2-8H2,1H3. The van der Waals surface area contributed by atoms with Crippen LogP contribution in [0, 0.1) is 5.92 Å². The molecule has 0 amide bonds. The van der Waals surface area contributed by atoms with Crippen molar-refractivity contribution in [2.75, 3.05) is 31.7 Å². The van der Waals surface area contributed by atoms with E-state index >= 15 is 0 Å². The third kappa shape index (κ3) is 2.99. The number of esters is 1. The molecule has 2 atom stereocenters. The Morgan fingerprint density at radius 2 is 1.80 bits per heavy atom. The Morgan fingerprint density at radius 1 is 1.20 bits per heavy atom. The maximum Gasteiger partial charge on any atom is 0.310 e. The van der Waals surface area contributed by atoms with Gasteiger partial charge in [-0.3, -0.25) is 4.79 Å². The molecule has 116 valence electrons. The molecular formula is C11H19NO6S2. The number of hydrogen-bond acceptors (Lipinski definition) is 6. The fraction of sp³-hybridized carbons (Fsp3) is 0.909. The Balaban J connectivity index is 2.16. The van der Waals surface area contributed by atoms with Crippen molar-refractivity contribution in [2.24, 2.45) is 5.92 Å². The van der Waals surface area contributed by atoms with Gasteiger partial charge >= 0.3 is 5.97 Å². The number of carbonyl (C=O) groups is 1. The van der Waals surface area contributed by atoms with Crippen molar-refractivity contribution in [1.29, 1.82) is 0 Å². The van der Waals surface area contributed by atoms with Crippen LogP contribution in [-0.2, 0) is 29.4 Å². The average Bonchev–Trinajstić information content (AvgIpc) is 2.87. The fourth-order valence-corrected chi connectivity index (χ4v) is 6.48. The fourth-order valence-electron chi connectivity index (χ4n) is 2.85. The van der Waals surface area contributed by atoms with Gasteiger partial charge in [0.15, 0.2) is 9.84 Å². The number of sulfonamides is 1. The van der Waals surface area contributed by atoms with E-state index in [1.165, 1.54) is 11.4 Å². The van der Waals surface area contributed by atoms with Gasteiger partial charge in [0.05, 0.1) is 29.8 Å². The van der Waals surface area contributed by atoms with Crippen LogP contribution in [0.25, 0.3) is 0 Å². The maximum absolute atomic E-state index is 12.6. The van der Waals surface area contributed by atoms with Gasteiger partial charge in [0, 0.05) is 13.1 Å². The molecule has 0 aromatic carbocycles. The number of hydrogen-bond donors (Lipinski definition) is 0. The van der Waals surface area contributed by atoms with E-state index in [0.717, 1.165) is 0 Å². The highest BCUT2D eigenvalue weighted by Crippen LogP contribution is 2.34. The molecule has 1 heterocycles. The lowest BCUT2D eigenvalue weighted by molar-refractivity contribution is -0.145. The Labute approximate surface area is 119 Å². The van der Waals surface area contributed by atoms with Crippen LogP contribution in [0.1, 0.15) is 19.3 Å². The van der Waals surface area contributed by atoms with E-state index < -0.39 is 37.0 Å². The summed E-state index contributed by atoms with van der Waals surface area (Å²) in [6.07, 6.45) is 1.59. The van der Waals surface area contributed by atoms with Crippen molar-refractivity contribution in [3.05, 3.63) is 0 Å². The molecule has 0 aromatic rings. The Morgan fingerprint density at radius 3 is 2.35 bits per heavy atom. The maximum atomic E-state index is 12.6. The van der Waals surface area contributed by atoms with Crippen LogP contribution in [0.4, 0.5) is 0 Å². The normalized spacial score (nSPS) is 31.1. The van der Waals surface area contributed by atoms with Gasteiger partial charge in [-0.25, -0.2) is 16.8 Å². The number of carbonyl (C=O) groups excluding carboxylic acids is 1. The third-order valence-corrected chi connectivity index (χ3v) is 8.03. The van der Waals surface area contributed by atoms with Crippen LogP contribution in [0.15, 0.2) is 0 Å². The van der Waals surface area contributed by atoms with Crippen molar-refractivity contribution < 1.29 is 26.4 Å². The summed E-state index contributed by atoms with van der Waals surface area (Å²) in [5.41, 5.74) is 0. The van der Waals surface area contributed by atoms with E-state index in [0.29, 0.717) is 19.3 Å². The predicted molar refractivity (Wildman–Crippen MR) is 72.3 cm³/mol. The summed E-state index contributed by atoms with van der Waals surface area (Å²) in [5, 5.41) is -0.782. The molecule has 2 rings (SSSR count). The summed E-state index contributed by atoms with van der Waals surface area (Å²) in [4.78, 5) is 11.7. The minimum absolute atomic E-state index is 0.0188. The van der Waals surface area contributed by atoms with Gasteiger partial charge in [0.25, 0.3) is 0 Å². The third-order valence-electron chi connectivity index (χ3n) is 4.00. The number of methoxy groups -OCH3 is 1. The minimum Gasteiger partial charge on any atom is -0.469 e. The van der Waals surface area contributed by atoms with Crippen LogP contribution in [0.3, 0.4) is 0 Å². The highest BCUT2D eigenvalue weighted by molar-refractivity contribution is 7.92. The van der Waals surface area contributed by atoms with Gasteiger partial charge < -0.3 is 4.74 Å². The molecular weight excluding hydrogens is 306 g/mol. The summed E-state index contributed by atoms with van der Waals surface area (Å²) in [7, 11) is -5.53. The molecule has 20 heavy (non-hydrogen) atoms. The number of nitrogens with zero attached hydrogens (tertiary/aromatic N) is 1. The summed E-state index contributed by atoms with van der Waals surface area (Å²) in [5.74, 6) is -1.44. The second kappa shape index (κ2) is 5.61. The molecule has 0 radical (unpaired) electrons.